The molecule has 0 radical (unpaired) electrons. The lowest BCUT2D eigenvalue weighted by atomic mass is 9.68. The first-order valence-electron chi connectivity index (χ1n) is 20.0. The SMILES string of the molecule is c1ccc2c(c1)-c1ccc(-c3ccc4ccccc4c3)cc1C21c2ccccc2-c2c1c1c3ccccc3c(-c3ccc4ccccc4c3)cc1c1ccccc21. The largest absolute Gasteiger partial charge is 0.0732 e. The fourth-order valence-corrected chi connectivity index (χ4v) is 10.9. The first-order chi connectivity index (χ1) is 28.3. The Balaban J connectivity index is 1.21. The first-order valence-corrected chi connectivity index (χ1v) is 20.0. The molecule has 2 aliphatic rings. The van der Waals surface area contributed by atoms with Crippen LogP contribution in [-0.4, -0.2) is 0 Å². The molecule has 0 saturated carbocycles. The van der Waals surface area contributed by atoms with Gasteiger partial charge in [0.15, 0.2) is 0 Å². The molecule has 11 aromatic rings. The van der Waals surface area contributed by atoms with E-state index in [1.54, 1.807) is 0 Å². The summed E-state index contributed by atoms with van der Waals surface area (Å²) in [5, 5.41) is 12.9. The lowest BCUT2D eigenvalue weighted by Gasteiger charge is -2.32. The molecule has 0 N–H and O–H groups in total. The molecule has 0 fully saturated rings. The Labute approximate surface area is 330 Å². The number of hydrogen-bond donors (Lipinski definition) is 0. The van der Waals surface area contributed by atoms with Crippen LogP contribution >= 0.6 is 0 Å². The van der Waals surface area contributed by atoms with Gasteiger partial charge in [0, 0.05) is 0 Å². The quantitative estimate of drug-likeness (QED) is 0.156. The van der Waals surface area contributed by atoms with Crippen molar-refractivity contribution in [3.63, 3.8) is 0 Å². The summed E-state index contributed by atoms with van der Waals surface area (Å²) in [5.41, 5.74) is 15.3. The van der Waals surface area contributed by atoms with Crippen LogP contribution in [0.25, 0.3) is 98.4 Å². The van der Waals surface area contributed by atoms with Gasteiger partial charge >= 0.3 is 0 Å². The van der Waals surface area contributed by atoms with Crippen molar-refractivity contribution in [3.05, 3.63) is 229 Å². The van der Waals surface area contributed by atoms with Crippen molar-refractivity contribution in [3.8, 4) is 44.5 Å². The zero-order valence-electron chi connectivity index (χ0n) is 31.1. The predicted molar refractivity (Wildman–Crippen MR) is 241 cm³/mol. The van der Waals surface area contributed by atoms with Gasteiger partial charge in [-0.15, -0.1) is 0 Å². The molecule has 1 unspecified atom stereocenters. The second-order valence-electron chi connectivity index (χ2n) is 15.9. The molecule has 0 heterocycles. The van der Waals surface area contributed by atoms with Crippen molar-refractivity contribution in [1.29, 1.82) is 0 Å². The number of hydrogen-bond acceptors (Lipinski definition) is 0. The molecule has 0 nitrogen and oxygen atoms in total. The summed E-state index contributed by atoms with van der Waals surface area (Å²) in [6.45, 7) is 0. The topological polar surface area (TPSA) is 0 Å². The Morgan fingerprint density at radius 1 is 0.263 bits per heavy atom. The second kappa shape index (κ2) is 11.4. The van der Waals surface area contributed by atoms with Crippen molar-refractivity contribution in [2.75, 3.05) is 0 Å². The maximum Gasteiger partial charge on any atom is 0.0732 e. The lowest BCUT2D eigenvalue weighted by molar-refractivity contribution is 0.802. The van der Waals surface area contributed by atoms with Crippen LogP contribution in [0, 0.1) is 0 Å². The second-order valence-corrected chi connectivity index (χ2v) is 15.9. The Hall–Kier alpha value is -7.28. The summed E-state index contributed by atoms with van der Waals surface area (Å²) in [6, 6.07) is 77.8. The van der Waals surface area contributed by atoms with Crippen molar-refractivity contribution in [2.24, 2.45) is 0 Å². The normalized spacial score (nSPS) is 15.1. The molecular weight excluding hydrogens is 685 g/mol. The summed E-state index contributed by atoms with van der Waals surface area (Å²) in [5.74, 6) is 0. The van der Waals surface area contributed by atoms with Crippen LogP contribution in [0.5, 0.6) is 0 Å². The van der Waals surface area contributed by atoms with E-state index in [1.165, 1.54) is 121 Å². The molecule has 0 amide bonds. The highest BCUT2D eigenvalue weighted by molar-refractivity contribution is 6.28. The van der Waals surface area contributed by atoms with Gasteiger partial charge in [0.1, 0.15) is 0 Å². The molecular formula is C57H34. The van der Waals surface area contributed by atoms with E-state index in [9.17, 15) is 0 Å². The summed E-state index contributed by atoms with van der Waals surface area (Å²) >= 11 is 0. The molecule has 57 heavy (non-hydrogen) atoms. The fraction of sp³-hybridized carbons (Fsp3) is 0.0175. The van der Waals surface area contributed by atoms with Crippen LogP contribution in [0.3, 0.4) is 0 Å². The maximum absolute atomic E-state index is 2.53. The molecule has 262 valence electrons. The first kappa shape index (κ1) is 31.0. The molecule has 13 rings (SSSR count). The van der Waals surface area contributed by atoms with E-state index in [4.69, 9.17) is 0 Å². The van der Waals surface area contributed by atoms with Crippen LogP contribution in [0.4, 0.5) is 0 Å². The van der Waals surface area contributed by atoms with Crippen molar-refractivity contribution >= 4 is 53.9 Å². The van der Waals surface area contributed by atoms with Crippen LogP contribution < -0.4 is 0 Å². The van der Waals surface area contributed by atoms with Crippen molar-refractivity contribution in [1.82, 2.24) is 0 Å². The van der Waals surface area contributed by atoms with E-state index < -0.39 is 5.41 Å². The Kier molecular flexibility index (Phi) is 6.19. The van der Waals surface area contributed by atoms with Gasteiger partial charge in [0.05, 0.1) is 5.41 Å². The van der Waals surface area contributed by atoms with Gasteiger partial charge in [-0.05, 0) is 145 Å². The molecule has 0 aromatic heterocycles. The molecule has 0 heteroatoms. The van der Waals surface area contributed by atoms with Crippen LogP contribution in [-0.2, 0) is 5.41 Å². The molecule has 0 bridgehead atoms. The Morgan fingerprint density at radius 2 is 0.772 bits per heavy atom. The van der Waals surface area contributed by atoms with Crippen LogP contribution in [0.2, 0.25) is 0 Å². The third-order valence-electron chi connectivity index (χ3n) is 13.2. The van der Waals surface area contributed by atoms with E-state index in [-0.39, 0.29) is 0 Å². The maximum atomic E-state index is 2.53. The number of rotatable bonds is 2. The van der Waals surface area contributed by atoms with Gasteiger partial charge in [0.2, 0.25) is 0 Å². The predicted octanol–water partition coefficient (Wildman–Crippen LogP) is 15.1. The third-order valence-corrected chi connectivity index (χ3v) is 13.2. The van der Waals surface area contributed by atoms with Gasteiger partial charge in [0.25, 0.3) is 0 Å². The molecule has 11 aromatic carbocycles. The lowest BCUT2D eigenvalue weighted by Crippen LogP contribution is -2.26. The summed E-state index contributed by atoms with van der Waals surface area (Å²) in [6.07, 6.45) is 0. The molecule has 1 atom stereocenters. The summed E-state index contributed by atoms with van der Waals surface area (Å²) in [4.78, 5) is 0. The molecule has 0 aliphatic heterocycles. The minimum Gasteiger partial charge on any atom is -0.0619 e. The highest BCUT2D eigenvalue weighted by Gasteiger charge is 2.53. The van der Waals surface area contributed by atoms with E-state index in [2.05, 4.69) is 206 Å². The number of benzene rings is 11. The zero-order valence-corrected chi connectivity index (χ0v) is 31.1. The van der Waals surface area contributed by atoms with E-state index in [0.29, 0.717) is 0 Å². The third kappa shape index (κ3) is 4.07. The zero-order chi connectivity index (χ0) is 37.2. The average molecular weight is 719 g/mol. The monoisotopic (exact) mass is 718 g/mol. The van der Waals surface area contributed by atoms with Crippen LogP contribution in [0.15, 0.2) is 206 Å². The van der Waals surface area contributed by atoms with Gasteiger partial charge in [-0.1, -0.05) is 182 Å². The van der Waals surface area contributed by atoms with Gasteiger partial charge < -0.3 is 0 Å². The van der Waals surface area contributed by atoms with Gasteiger partial charge in [-0.25, -0.2) is 0 Å². The number of fused-ring (bicyclic) bond motifs is 19. The Bertz CT molecular complexity index is 3530. The van der Waals surface area contributed by atoms with E-state index >= 15 is 0 Å². The summed E-state index contributed by atoms with van der Waals surface area (Å²) in [7, 11) is 0. The van der Waals surface area contributed by atoms with Crippen molar-refractivity contribution in [2.45, 2.75) is 5.41 Å². The smallest absolute Gasteiger partial charge is 0.0619 e. The summed E-state index contributed by atoms with van der Waals surface area (Å²) < 4.78 is 0. The molecule has 0 saturated heterocycles. The Morgan fingerprint density at radius 3 is 1.53 bits per heavy atom. The van der Waals surface area contributed by atoms with Gasteiger partial charge in [-0.3, -0.25) is 0 Å². The fourth-order valence-electron chi connectivity index (χ4n) is 10.9. The van der Waals surface area contributed by atoms with Crippen molar-refractivity contribution < 1.29 is 0 Å². The highest BCUT2D eigenvalue weighted by Crippen LogP contribution is 2.66. The van der Waals surface area contributed by atoms with Gasteiger partial charge in [-0.2, -0.15) is 0 Å². The van der Waals surface area contributed by atoms with Crippen LogP contribution in [0.1, 0.15) is 22.3 Å². The highest BCUT2D eigenvalue weighted by atomic mass is 14.5. The minimum absolute atomic E-state index is 0.528. The molecule has 1 spiro atoms. The van der Waals surface area contributed by atoms with E-state index in [1.807, 2.05) is 0 Å². The minimum atomic E-state index is -0.528. The van der Waals surface area contributed by atoms with E-state index in [0.717, 1.165) is 0 Å². The average Bonchev–Trinajstić information content (AvgIpc) is 3.76. The standard InChI is InChI=1S/C57H34/c1-3-15-37-31-39(27-25-35(37)13-1)40-29-30-45-44-19-9-11-23-51(44)57(53(45)33-40)52-24-12-10-22-48(52)54-47-21-8-6-18-43(47)50-34-49(41-28-26-36-14-2-4-16-38(36)32-41)42-17-5-7-20-46(42)55(50)56(54)57/h1-34H. The molecule has 2 aliphatic carbocycles.